The van der Waals surface area contributed by atoms with Gasteiger partial charge in [-0.15, -0.1) is 0 Å². The lowest BCUT2D eigenvalue weighted by atomic mass is 9.71. The second-order valence-electron chi connectivity index (χ2n) is 16.9. The first kappa shape index (κ1) is 39.8. The van der Waals surface area contributed by atoms with E-state index in [2.05, 4.69) is 31.5 Å². The van der Waals surface area contributed by atoms with Gasteiger partial charge < -0.3 is 44.4 Å². The number of methoxy groups -OCH3 is 1. The summed E-state index contributed by atoms with van der Waals surface area (Å²) in [6.07, 6.45) is 2.01. The highest BCUT2D eigenvalue weighted by Crippen LogP contribution is 2.58. The van der Waals surface area contributed by atoms with Crippen molar-refractivity contribution in [3.8, 4) is 34.8 Å². The number of carbonyl (C=O) groups is 3. The number of aromatic nitrogens is 1. The Morgan fingerprint density at radius 2 is 1.83 bits per heavy atom. The molecule has 1 aromatic heterocycles. The second-order valence-corrected chi connectivity index (χ2v) is 16.9. The number of piperazine rings is 1. The van der Waals surface area contributed by atoms with Gasteiger partial charge in [0.05, 0.1) is 25.3 Å². The van der Waals surface area contributed by atoms with Crippen LogP contribution >= 0.6 is 0 Å². The molecule has 3 aromatic carbocycles. The van der Waals surface area contributed by atoms with Gasteiger partial charge in [0.15, 0.2) is 23.0 Å². The molecule has 0 radical (unpaired) electrons. The maximum Gasteiger partial charge on any atom is 0.408 e. The number of alkyl carbamates (subject to hydrolysis) is 1. The smallest absolute Gasteiger partial charge is 0.408 e. The fourth-order valence-electron chi connectivity index (χ4n) is 9.81. The van der Waals surface area contributed by atoms with E-state index in [9.17, 15) is 24.8 Å². The van der Waals surface area contributed by atoms with Crippen LogP contribution in [0.4, 0.5) is 4.79 Å². The van der Waals surface area contributed by atoms with Crippen LogP contribution in [0.5, 0.6) is 28.7 Å². The van der Waals surface area contributed by atoms with Crippen LogP contribution in [0.15, 0.2) is 36.5 Å². The zero-order valence-electron chi connectivity index (χ0n) is 34.5. The lowest BCUT2D eigenvalue weighted by molar-refractivity contribution is -0.132. The summed E-state index contributed by atoms with van der Waals surface area (Å²) in [5.41, 5.74) is 5.23. The van der Waals surface area contributed by atoms with Crippen molar-refractivity contribution in [2.75, 3.05) is 27.5 Å². The molecule has 0 spiro atoms. The molecule has 310 valence electrons. The molecule has 0 aliphatic carbocycles. The fourth-order valence-corrected chi connectivity index (χ4v) is 9.81. The Hall–Kier alpha value is -5.98. The first-order valence-corrected chi connectivity index (χ1v) is 19.9. The number of nitrogens with one attached hydrogen (secondary N) is 3. The van der Waals surface area contributed by atoms with Gasteiger partial charge in [0.1, 0.15) is 23.4 Å². The van der Waals surface area contributed by atoms with Crippen molar-refractivity contribution >= 4 is 28.9 Å². The van der Waals surface area contributed by atoms with Crippen LogP contribution in [0.1, 0.15) is 78.7 Å². The number of phenols is 1. The molecule has 8 rings (SSSR count). The standard InChI is InChI=1S/C44H50N6O9/c1-21-13-24-15-30-32(17-45)50-31(36(49(30)7)34(24)37(52)38(21)55-8)16-27-35(41-40(56-20-57-41)22(2)39(27)58-23(3)51)33(50)19-47-42(53)29(48-43(54)59-44(4,5)6)14-25-18-46-28-12-10-9-11-26(25)28/h9-13,18,29-33,36,46,52H,14-16,19-20H2,1-8H3,(H,47,53)(H,48,54)/t29-,30+,31?,32-,33-,36-/m0/s1. The molecule has 5 heterocycles. The van der Waals surface area contributed by atoms with E-state index >= 15 is 0 Å². The number of nitrogens with zero attached hydrogens (tertiary/aromatic N) is 3. The lowest BCUT2D eigenvalue weighted by Crippen LogP contribution is -2.69. The number of carbonyl (C=O) groups excluding carboxylic acids is 3. The van der Waals surface area contributed by atoms with Crippen molar-refractivity contribution in [3.05, 3.63) is 75.5 Å². The van der Waals surface area contributed by atoms with Gasteiger partial charge >= 0.3 is 12.1 Å². The third-order valence-electron chi connectivity index (χ3n) is 12.1. The molecule has 0 saturated carbocycles. The van der Waals surface area contributed by atoms with Gasteiger partial charge in [0, 0.05) is 71.3 Å². The maximum atomic E-state index is 14.6. The number of H-pyrrole nitrogens is 1. The van der Waals surface area contributed by atoms with Gasteiger partial charge in [-0.05, 0) is 77.3 Å². The number of fused-ring (bicyclic) bond motifs is 10. The minimum absolute atomic E-state index is 0.0293. The third-order valence-corrected chi connectivity index (χ3v) is 12.1. The predicted molar refractivity (Wildman–Crippen MR) is 216 cm³/mol. The summed E-state index contributed by atoms with van der Waals surface area (Å²) < 4.78 is 29.4. The summed E-state index contributed by atoms with van der Waals surface area (Å²) in [6.45, 7) is 10.2. The number of nitriles is 1. The zero-order chi connectivity index (χ0) is 42.1. The Morgan fingerprint density at radius 3 is 2.54 bits per heavy atom. The monoisotopic (exact) mass is 806 g/mol. The number of benzene rings is 3. The van der Waals surface area contributed by atoms with E-state index in [1.54, 1.807) is 20.8 Å². The van der Waals surface area contributed by atoms with Crippen LogP contribution in [-0.4, -0.2) is 95.1 Å². The molecule has 2 amide bonds. The zero-order valence-corrected chi connectivity index (χ0v) is 34.5. The van der Waals surface area contributed by atoms with Crippen molar-refractivity contribution in [1.82, 2.24) is 25.4 Å². The fraction of sp³-hybridized carbons (Fsp3) is 0.455. The largest absolute Gasteiger partial charge is 0.504 e. The first-order valence-electron chi connectivity index (χ1n) is 19.9. The minimum Gasteiger partial charge on any atom is -0.504 e. The molecule has 6 atom stereocenters. The van der Waals surface area contributed by atoms with E-state index in [-0.39, 0.29) is 31.5 Å². The van der Waals surface area contributed by atoms with E-state index in [1.807, 2.05) is 57.4 Å². The van der Waals surface area contributed by atoms with Crippen LogP contribution < -0.4 is 29.6 Å². The number of hydrogen-bond acceptors (Lipinski definition) is 12. The molecule has 4 aromatic rings. The summed E-state index contributed by atoms with van der Waals surface area (Å²) in [4.78, 5) is 48.1. The number of rotatable bonds is 8. The molecule has 15 nitrogen and oxygen atoms in total. The topological polar surface area (TPSA) is 188 Å². The van der Waals surface area contributed by atoms with E-state index in [4.69, 9.17) is 23.7 Å². The van der Waals surface area contributed by atoms with E-state index in [0.717, 1.165) is 27.6 Å². The number of aromatic hydroxyl groups is 1. The summed E-state index contributed by atoms with van der Waals surface area (Å²) >= 11 is 0. The van der Waals surface area contributed by atoms with Gasteiger partial charge in [0.25, 0.3) is 0 Å². The van der Waals surface area contributed by atoms with E-state index in [0.29, 0.717) is 58.1 Å². The lowest BCUT2D eigenvalue weighted by Gasteiger charge is -2.60. The molecule has 1 saturated heterocycles. The molecule has 4 N–H and O–H groups in total. The first-order chi connectivity index (χ1) is 28.1. The number of amides is 2. The molecule has 1 fully saturated rings. The number of aryl methyl sites for hydroxylation is 1. The van der Waals surface area contributed by atoms with Crippen LogP contribution in [0.2, 0.25) is 0 Å². The molecule has 4 aliphatic heterocycles. The van der Waals surface area contributed by atoms with Gasteiger partial charge in [-0.25, -0.2) is 4.79 Å². The Kier molecular flexibility index (Phi) is 10.1. The van der Waals surface area contributed by atoms with Crippen molar-refractivity contribution < 1.29 is 43.2 Å². The Bertz CT molecular complexity index is 2410. The van der Waals surface area contributed by atoms with Crippen LogP contribution in [0, 0.1) is 25.2 Å². The van der Waals surface area contributed by atoms with Gasteiger partial charge in [-0.2, -0.15) is 5.26 Å². The molecule has 59 heavy (non-hydrogen) atoms. The molecule has 1 unspecified atom stereocenters. The van der Waals surface area contributed by atoms with Crippen molar-refractivity contribution in [1.29, 1.82) is 5.26 Å². The van der Waals surface area contributed by atoms with Crippen molar-refractivity contribution in [3.63, 3.8) is 0 Å². The number of ether oxygens (including phenoxy) is 5. The predicted octanol–water partition coefficient (Wildman–Crippen LogP) is 5.18. The average Bonchev–Trinajstić information content (AvgIpc) is 3.83. The second kappa shape index (κ2) is 15.0. The molecule has 15 heteroatoms. The van der Waals surface area contributed by atoms with E-state index < -0.39 is 53.8 Å². The van der Waals surface area contributed by atoms with Gasteiger partial charge in [-0.1, -0.05) is 24.3 Å². The SMILES string of the molecule is COc1c(C)cc2c(c1O)[C@@H]1C3Cc4c(OC(C)=O)c(C)c5c(c4[C@H](CNC(=O)[C@H](Cc4c[nH]c6ccccc46)NC(=O)OC(C)(C)C)N3[C@@H](C#N)[C@@H](C2)N1C)OCO5. The summed E-state index contributed by atoms with van der Waals surface area (Å²) in [6, 6.07) is 8.70. The molecular formula is C44H50N6O9. The quantitative estimate of drug-likeness (QED) is 0.135. The Balaban J connectivity index is 1.24. The summed E-state index contributed by atoms with van der Waals surface area (Å²) in [5, 5.41) is 29.8. The number of phenolic OH excluding ortho intramolecular Hbond substituents is 1. The number of para-hydroxylation sites is 1. The molecular weight excluding hydrogens is 757 g/mol. The summed E-state index contributed by atoms with van der Waals surface area (Å²) in [7, 11) is 3.49. The highest BCUT2D eigenvalue weighted by molar-refractivity contribution is 5.88. The average molecular weight is 807 g/mol. The number of likely N-dealkylation sites (N-methyl/N-ethyl adjacent to an activating group) is 1. The number of esters is 1. The highest BCUT2D eigenvalue weighted by atomic mass is 16.7. The Labute approximate surface area is 342 Å². The molecule has 2 bridgehead atoms. The van der Waals surface area contributed by atoms with Crippen molar-refractivity contribution in [2.24, 2.45) is 0 Å². The van der Waals surface area contributed by atoms with Crippen molar-refractivity contribution in [2.45, 2.75) is 103 Å². The third kappa shape index (κ3) is 6.83. The van der Waals surface area contributed by atoms with Gasteiger partial charge in [-0.3, -0.25) is 19.4 Å². The van der Waals surface area contributed by atoms with Gasteiger partial charge in [0.2, 0.25) is 12.7 Å². The van der Waals surface area contributed by atoms with Crippen LogP contribution in [-0.2, 0) is 33.6 Å². The number of aromatic amines is 1. The minimum atomic E-state index is -1.05. The Morgan fingerprint density at radius 1 is 1.08 bits per heavy atom. The molecule has 4 aliphatic rings. The summed E-state index contributed by atoms with van der Waals surface area (Å²) in [5.74, 6) is 0.626. The van der Waals surface area contributed by atoms with E-state index in [1.165, 1.54) is 14.0 Å². The number of hydrogen-bond donors (Lipinski definition) is 4. The highest BCUT2D eigenvalue weighted by Gasteiger charge is 2.57. The normalized spacial score (nSPS) is 22.3. The van der Waals surface area contributed by atoms with Crippen LogP contribution in [0.25, 0.3) is 10.9 Å². The van der Waals surface area contributed by atoms with Crippen LogP contribution in [0.3, 0.4) is 0 Å². The maximum absolute atomic E-state index is 14.6.